The second kappa shape index (κ2) is 5.19. The monoisotopic (exact) mass is 291 g/mol. The molecule has 0 aliphatic carbocycles. The van der Waals surface area contributed by atoms with E-state index < -0.39 is 10.0 Å². The minimum Gasteiger partial charge on any atom is -0.336 e. The Morgan fingerprint density at radius 1 is 1.56 bits per heavy atom. The highest BCUT2D eigenvalue weighted by Crippen LogP contribution is 2.26. The maximum Gasteiger partial charge on any atom is 0.262 e. The Balaban J connectivity index is 2.21. The Kier molecular flexibility index (Phi) is 3.99. The number of nitrogens with zero attached hydrogens (tertiary/aromatic N) is 3. The molecule has 1 aliphatic heterocycles. The summed E-state index contributed by atoms with van der Waals surface area (Å²) in [6.45, 7) is 5.57. The largest absolute Gasteiger partial charge is 0.336 e. The summed E-state index contributed by atoms with van der Waals surface area (Å²) in [6.07, 6.45) is 3.81. The van der Waals surface area contributed by atoms with E-state index in [2.05, 4.69) is 4.98 Å². The quantitative estimate of drug-likeness (QED) is 0.794. The minimum absolute atomic E-state index is 0.0599. The zero-order valence-corrected chi connectivity index (χ0v) is 12.2. The van der Waals surface area contributed by atoms with Crippen LogP contribution in [0.2, 0.25) is 0 Å². The predicted octanol–water partition coefficient (Wildman–Crippen LogP) is 1.54. The summed E-state index contributed by atoms with van der Waals surface area (Å²) in [5.74, 6) is 0.170. The van der Waals surface area contributed by atoms with E-state index in [0.29, 0.717) is 26.1 Å². The van der Waals surface area contributed by atoms with E-state index in [0.717, 1.165) is 0 Å². The molecule has 2 rings (SSSR count). The molecular weight excluding hydrogens is 274 g/mol. The van der Waals surface area contributed by atoms with Gasteiger partial charge in [0.25, 0.3) is 10.0 Å². The Labute approximate surface area is 113 Å². The number of imidazole rings is 1. The smallest absolute Gasteiger partial charge is 0.262 e. The number of aromatic nitrogens is 2. The molecule has 1 aromatic rings. The van der Waals surface area contributed by atoms with Gasteiger partial charge in [-0.05, 0) is 19.3 Å². The molecule has 0 aromatic carbocycles. The summed E-state index contributed by atoms with van der Waals surface area (Å²) in [5.41, 5.74) is 0. The molecule has 0 spiro atoms. The van der Waals surface area contributed by atoms with Crippen molar-refractivity contribution in [3.63, 3.8) is 0 Å². The zero-order chi connectivity index (χ0) is 13.3. The lowest BCUT2D eigenvalue weighted by Crippen LogP contribution is -2.43. The van der Waals surface area contributed by atoms with E-state index in [1.54, 1.807) is 17.1 Å². The fraction of sp³-hybridized carbons (Fsp3) is 0.727. The molecule has 0 bridgehead atoms. The third-order valence-corrected chi connectivity index (χ3v) is 5.74. The SMILES string of the molecule is CCn1cnc(S(=O)(=O)N2CCC(Cl)C(C)C2)c1. The van der Waals surface area contributed by atoms with Crippen molar-refractivity contribution in [3.05, 3.63) is 12.5 Å². The number of halogens is 1. The standard InChI is InChI=1S/C11H18ClN3O2S/c1-3-14-7-11(13-8-14)18(16,17)15-5-4-10(12)9(2)6-15/h7-10H,3-6H2,1-2H3. The number of hydrogen-bond acceptors (Lipinski definition) is 3. The molecule has 0 radical (unpaired) electrons. The van der Waals surface area contributed by atoms with Gasteiger partial charge in [-0.3, -0.25) is 0 Å². The Morgan fingerprint density at radius 2 is 2.28 bits per heavy atom. The lowest BCUT2D eigenvalue weighted by Gasteiger charge is -2.32. The van der Waals surface area contributed by atoms with Crippen LogP contribution in [0.1, 0.15) is 20.3 Å². The van der Waals surface area contributed by atoms with Gasteiger partial charge < -0.3 is 4.57 Å². The maximum absolute atomic E-state index is 12.4. The van der Waals surface area contributed by atoms with Crippen LogP contribution in [0.25, 0.3) is 0 Å². The number of alkyl halides is 1. The number of hydrogen-bond donors (Lipinski definition) is 0. The van der Waals surface area contributed by atoms with Crippen LogP contribution in [0.3, 0.4) is 0 Å². The van der Waals surface area contributed by atoms with E-state index in [-0.39, 0.29) is 16.3 Å². The van der Waals surface area contributed by atoms with Crippen molar-refractivity contribution in [2.75, 3.05) is 13.1 Å². The predicted molar refractivity (Wildman–Crippen MR) is 70.1 cm³/mol. The summed E-state index contributed by atoms with van der Waals surface area (Å²) >= 11 is 6.11. The fourth-order valence-electron chi connectivity index (χ4n) is 2.08. The molecule has 5 nitrogen and oxygen atoms in total. The van der Waals surface area contributed by atoms with Gasteiger partial charge >= 0.3 is 0 Å². The van der Waals surface area contributed by atoms with Gasteiger partial charge in [0.15, 0.2) is 5.03 Å². The van der Waals surface area contributed by atoms with E-state index in [9.17, 15) is 8.42 Å². The van der Waals surface area contributed by atoms with Crippen molar-refractivity contribution in [2.45, 2.75) is 37.2 Å². The Morgan fingerprint density at radius 3 is 2.83 bits per heavy atom. The average Bonchev–Trinajstić information content (AvgIpc) is 2.81. The summed E-state index contributed by atoms with van der Waals surface area (Å²) in [7, 11) is -3.46. The molecule has 0 N–H and O–H groups in total. The fourth-order valence-corrected chi connectivity index (χ4v) is 3.74. The van der Waals surface area contributed by atoms with E-state index >= 15 is 0 Å². The average molecular weight is 292 g/mol. The van der Waals surface area contributed by atoms with Crippen LogP contribution in [0.5, 0.6) is 0 Å². The zero-order valence-electron chi connectivity index (χ0n) is 10.6. The van der Waals surface area contributed by atoms with Crippen LogP contribution in [-0.4, -0.2) is 40.7 Å². The van der Waals surface area contributed by atoms with E-state index in [4.69, 9.17) is 11.6 Å². The normalized spacial score (nSPS) is 26.4. The van der Waals surface area contributed by atoms with Gasteiger partial charge in [0.05, 0.1) is 6.33 Å². The summed E-state index contributed by atoms with van der Waals surface area (Å²) in [5, 5.41) is 0.189. The number of aryl methyl sites for hydroxylation is 1. The highest BCUT2D eigenvalue weighted by molar-refractivity contribution is 7.89. The van der Waals surface area contributed by atoms with Crippen molar-refractivity contribution in [2.24, 2.45) is 5.92 Å². The van der Waals surface area contributed by atoms with Gasteiger partial charge in [-0.1, -0.05) is 6.92 Å². The van der Waals surface area contributed by atoms with E-state index in [1.807, 2.05) is 13.8 Å². The summed E-state index contributed by atoms with van der Waals surface area (Å²) in [6, 6.07) is 0. The van der Waals surface area contributed by atoms with Crippen LogP contribution in [0.15, 0.2) is 17.6 Å². The van der Waals surface area contributed by atoms with Gasteiger partial charge in [0, 0.05) is 31.2 Å². The van der Waals surface area contributed by atoms with E-state index in [1.165, 1.54) is 4.31 Å². The first-order valence-corrected chi connectivity index (χ1v) is 7.98. The van der Waals surface area contributed by atoms with Crippen molar-refractivity contribution < 1.29 is 8.42 Å². The molecule has 7 heteroatoms. The molecule has 2 unspecified atom stereocenters. The van der Waals surface area contributed by atoms with Crippen molar-refractivity contribution >= 4 is 21.6 Å². The van der Waals surface area contributed by atoms with Gasteiger partial charge in [-0.25, -0.2) is 13.4 Å². The molecule has 18 heavy (non-hydrogen) atoms. The van der Waals surface area contributed by atoms with Crippen LogP contribution in [-0.2, 0) is 16.6 Å². The Bertz CT molecular complexity index is 514. The molecule has 0 saturated carbocycles. The number of rotatable bonds is 3. The third kappa shape index (κ3) is 2.55. The summed E-state index contributed by atoms with van der Waals surface area (Å²) in [4.78, 5) is 3.98. The first-order valence-electron chi connectivity index (χ1n) is 6.11. The highest BCUT2D eigenvalue weighted by Gasteiger charge is 2.33. The molecule has 0 amide bonds. The lowest BCUT2D eigenvalue weighted by atomic mass is 10.0. The van der Waals surface area contributed by atoms with Gasteiger partial charge in [-0.2, -0.15) is 4.31 Å². The first-order chi connectivity index (χ1) is 8.45. The highest BCUT2D eigenvalue weighted by atomic mass is 35.5. The van der Waals surface area contributed by atoms with Crippen LogP contribution < -0.4 is 0 Å². The maximum atomic E-state index is 12.4. The van der Waals surface area contributed by atoms with Crippen molar-refractivity contribution in [1.82, 2.24) is 13.9 Å². The molecule has 2 atom stereocenters. The van der Waals surface area contributed by atoms with Gasteiger partial charge in [0.2, 0.25) is 0 Å². The topological polar surface area (TPSA) is 55.2 Å². The van der Waals surface area contributed by atoms with Crippen LogP contribution in [0, 0.1) is 5.92 Å². The molecule has 1 saturated heterocycles. The molecule has 1 aliphatic rings. The summed E-state index contributed by atoms with van der Waals surface area (Å²) < 4.78 is 28.0. The third-order valence-electron chi connectivity index (χ3n) is 3.34. The van der Waals surface area contributed by atoms with Gasteiger partial charge in [0.1, 0.15) is 0 Å². The van der Waals surface area contributed by atoms with Crippen molar-refractivity contribution in [1.29, 1.82) is 0 Å². The first kappa shape index (κ1) is 13.8. The molecular formula is C11H18ClN3O2S. The van der Waals surface area contributed by atoms with Crippen LogP contribution in [0.4, 0.5) is 0 Å². The molecule has 102 valence electrons. The lowest BCUT2D eigenvalue weighted by molar-refractivity contribution is 0.285. The second-order valence-corrected chi connectivity index (χ2v) is 7.13. The van der Waals surface area contributed by atoms with Crippen molar-refractivity contribution in [3.8, 4) is 0 Å². The minimum atomic E-state index is -3.46. The Hall–Kier alpha value is -0.590. The molecule has 1 aromatic heterocycles. The van der Waals surface area contributed by atoms with Crippen LogP contribution >= 0.6 is 11.6 Å². The van der Waals surface area contributed by atoms with Gasteiger partial charge in [-0.15, -0.1) is 11.6 Å². The number of sulfonamides is 1. The second-order valence-electron chi connectivity index (χ2n) is 4.69. The molecule has 2 heterocycles. The molecule has 1 fully saturated rings. The number of piperidine rings is 1.